The van der Waals surface area contributed by atoms with E-state index in [1.807, 2.05) is 18.2 Å². The lowest BCUT2D eigenvalue weighted by molar-refractivity contribution is 0.549. The molecule has 0 atom stereocenters. The molecular formula is C10H16BrNOSi. The van der Waals surface area contributed by atoms with Gasteiger partial charge >= 0.3 is 0 Å². The van der Waals surface area contributed by atoms with Gasteiger partial charge in [0.2, 0.25) is 8.32 Å². The summed E-state index contributed by atoms with van der Waals surface area (Å²) in [5.41, 5.74) is 6.71. The van der Waals surface area contributed by atoms with Crippen molar-refractivity contribution in [2.45, 2.75) is 26.2 Å². The number of hydrogen-bond donors (Lipinski definition) is 1. The Bertz CT molecular complexity index is 322. The van der Waals surface area contributed by atoms with E-state index in [-0.39, 0.29) is 0 Å². The Labute approximate surface area is 94.7 Å². The zero-order valence-electron chi connectivity index (χ0n) is 8.80. The first-order valence-corrected chi connectivity index (χ1v) is 8.80. The Balaban J connectivity index is 2.97. The topological polar surface area (TPSA) is 35.2 Å². The van der Waals surface area contributed by atoms with E-state index in [1.54, 1.807) is 0 Å². The summed E-state index contributed by atoms with van der Waals surface area (Å²) < 4.78 is 6.96. The molecule has 1 aromatic rings. The number of rotatable bonds is 3. The lowest BCUT2D eigenvalue weighted by Gasteiger charge is -2.21. The molecule has 0 fully saturated rings. The first kappa shape index (κ1) is 11.7. The molecule has 0 amide bonds. The molecule has 1 aromatic carbocycles. The minimum atomic E-state index is -1.53. The van der Waals surface area contributed by atoms with Gasteiger partial charge in [-0.3, -0.25) is 0 Å². The van der Waals surface area contributed by atoms with Crippen LogP contribution in [0.15, 0.2) is 22.7 Å². The van der Waals surface area contributed by atoms with Crippen molar-refractivity contribution in [3.05, 3.63) is 28.2 Å². The van der Waals surface area contributed by atoms with Crippen molar-refractivity contribution >= 4 is 24.2 Å². The largest absolute Gasteiger partial charge is 0.544 e. The molecule has 0 heterocycles. The van der Waals surface area contributed by atoms with Gasteiger partial charge in [0, 0.05) is 16.6 Å². The second-order valence-corrected chi connectivity index (χ2v) is 9.52. The molecule has 0 saturated carbocycles. The SMILES string of the molecule is C[Si](C)(C)Oc1ccc(Br)cc1CN. The van der Waals surface area contributed by atoms with Crippen molar-refractivity contribution < 1.29 is 4.43 Å². The summed E-state index contributed by atoms with van der Waals surface area (Å²) in [6.07, 6.45) is 0. The van der Waals surface area contributed by atoms with E-state index in [0.717, 1.165) is 15.8 Å². The Morgan fingerprint density at radius 2 is 2.00 bits per heavy atom. The van der Waals surface area contributed by atoms with Gasteiger partial charge in [-0.1, -0.05) is 15.9 Å². The van der Waals surface area contributed by atoms with Gasteiger partial charge in [-0.25, -0.2) is 0 Å². The summed E-state index contributed by atoms with van der Waals surface area (Å²) in [6, 6.07) is 5.97. The quantitative estimate of drug-likeness (QED) is 0.859. The summed E-state index contributed by atoms with van der Waals surface area (Å²) in [5.74, 6) is 0.926. The third-order valence-corrected chi connectivity index (χ3v) is 2.98. The van der Waals surface area contributed by atoms with E-state index < -0.39 is 8.32 Å². The molecule has 1 rings (SSSR count). The molecule has 0 aromatic heterocycles. The van der Waals surface area contributed by atoms with Crippen LogP contribution >= 0.6 is 15.9 Å². The maximum Gasteiger partial charge on any atom is 0.242 e. The van der Waals surface area contributed by atoms with Gasteiger partial charge in [-0.2, -0.15) is 0 Å². The van der Waals surface area contributed by atoms with Crippen molar-refractivity contribution in [2.24, 2.45) is 5.73 Å². The van der Waals surface area contributed by atoms with Crippen molar-refractivity contribution in [3.8, 4) is 5.75 Å². The zero-order chi connectivity index (χ0) is 10.8. The average Bonchev–Trinajstić information content (AvgIpc) is 2.06. The smallest absolute Gasteiger partial charge is 0.242 e. The highest BCUT2D eigenvalue weighted by molar-refractivity contribution is 9.10. The maximum atomic E-state index is 5.92. The summed E-state index contributed by atoms with van der Waals surface area (Å²) in [5, 5.41) is 0. The molecule has 2 N–H and O–H groups in total. The van der Waals surface area contributed by atoms with Crippen LogP contribution in [0, 0.1) is 0 Å². The fourth-order valence-electron chi connectivity index (χ4n) is 1.14. The van der Waals surface area contributed by atoms with Crippen molar-refractivity contribution in [1.29, 1.82) is 0 Å². The van der Waals surface area contributed by atoms with Crippen molar-refractivity contribution in [2.75, 3.05) is 0 Å². The van der Waals surface area contributed by atoms with E-state index in [1.165, 1.54) is 0 Å². The number of halogens is 1. The fourth-order valence-corrected chi connectivity index (χ4v) is 2.40. The summed E-state index contributed by atoms with van der Waals surface area (Å²) in [6.45, 7) is 7.00. The van der Waals surface area contributed by atoms with Gasteiger partial charge in [0.25, 0.3) is 0 Å². The van der Waals surface area contributed by atoms with Crippen LogP contribution in [-0.2, 0) is 6.54 Å². The van der Waals surface area contributed by atoms with E-state index in [9.17, 15) is 0 Å². The molecule has 0 radical (unpaired) electrons. The summed E-state index contributed by atoms with van der Waals surface area (Å²) in [4.78, 5) is 0. The predicted octanol–water partition coefficient (Wildman–Crippen LogP) is 3.12. The Morgan fingerprint density at radius 3 is 2.50 bits per heavy atom. The molecule has 0 aliphatic rings. The van der Waals surface area contributed by atoms with Gasteiger partial charge < -0.3 is 10.2 Å². The lowest BCUT2D eigenvalue weighted by Crippen LogP contribution is -2.29. The second-order valence-electron chi connectivity index (χ2n) is 4.17. The van der Waals surface area contributed by atoms with Crippen LogP contribution in [0.2, 0.25) is 19.6 Å². The first-order valence-electron chi connectivity index (χ1n) is 4.60. The molecule has 78 valence electrons. The van der Waals surface area contributed by atoms with Crippen molar-refractivity contribution in [1.82, 2.24) is 0 Å². The monoisotopic (exact) mass is 273 g/mol. The number of nitrogens with two attached hydrogens (primary N) is 1. The van der Waals surface area contributed by atoms with Crippen LogP contribution in [0.3, 0.4) is 0 Å². The standard InChI is InChI=1S/C10H16BrNOSi/c1-14(2,3)13-10-5-4-9(11)6-8(10)7-12/h4-6H,7,12H2,1-3H3. The highest BCUT2D eigenvalue weighted by atomic mass is 79.9. The second kappa shape index (κ2) is 4.46. The van der Waals surface area contributed by atoms with Crippen LogP contribution in [0.4, 0.5) is 0 Å². The van der Waals surface area contributed by atoms with Crippen LogP contribution in [0.25, 0.3) is 0 Å². The zero-order valence-corrected chi connectivity index (χ0v) is 11.4. The molecule has 0 bridgehead atoms. The van der Waals surface area contributed by atoms with Crippen LogP contribution < -0.4 is 10.2 Å². The van der Waals surface area contributed by atoms with E-state index in [0.29, 0.717) is 6.54 Å². The van der Waals surface area contributed by atoms with E-state index in [4.69, 9.17) is 10.2 Å². The van der Waals surface area contributed by atoms with Crippen LogP contribution in [-0.4, -0.2) is 8.32 Å². The molecule has 2 nitrogen and oxygen atoms in total. The third kappa shape index (κ3) is 3.44. The molecule has 0 unspecified atom stereocenters. The van der Waals surface area contributed by atoms with Crippen LogP contribution in [0.5, 0.6) is 5.75 Å². The van der Waals surface area contributed by atoms with E-state index >= 15 is 0 Å². The minimum absolute atomic E-state index is 0.513. The number of benzene rings is 1. The number of hydrogen-bond acceptors (Lipinski definition) is 2. The summed E-state index contributed by atoms with van der Waals surface area (Å²) >= 11 is 3.42. The third-order valence-electron chi connectivity index (χ3n) is 1.66. The normalized spacial score (nSPS) is 11.5. The van der Waals surface area contributed by atoms with Gasteiger partial charge in [-0.05, 0) is 37.8 Å². The van der Waals surface area contributed by atoms with Gasteiger partial charge in [0.05, 0.1) is 0 Å². The molecule has 4 heteroatoms. The molecule has 0 aliphatic heterocycles. The van der Waals surface area contributed by atoms with Crippen molar-refractivity contribution in [3.63, 3.8) is 0 Å². The van der Waals surface area contributed by atoms with Crippen LogP contribution in [0.1, 0.15) is 5.56 Å². The Kier molecular flexibility index (Phi) is 3.75. The first-order chi connectivity index (χ1) is 6.42. The minimum Gasteiger partial charge on any atom is -0.544 e. The highest BCUT2D eigenvalue weighted by Gasteiger charge is 2.17. The lowest BCUT2D eigenvalue weighted by atomic mass is 10.2. The van der Waals surface area contributed by atoms with Gasteiger partial charge in [-0.15, -0.1) is 0 Å². The molecule has 0 saturated heterocycles. The summed E-state index contributed by atoms with van der Waals surface area (Å²) in [7, 11) is -1.53. The maximum absolute atomic E-state index is 5.92. The Morgan fingerprint density at radius 1 is 1.36 bits per heavy atom. The predicted molar refractivity (Wildman–Crippen MR) is 66.0 cm³/mol. The average molecular weight is 274 g/mol. The molecule has 14 heavy (non-hydrogen) atoms. The highest BCUT2D eigenvalue weighted by Crippen LogP contribution is 2.25. The fraction of sp³-hybridized carbons (Fsp3) is 0.400. The van der Waals surface area contributed by atoms with Gasteiger partial charge in [0.15, 0.2) is 0 Å². The molecule has 0 spiro atoms. The Hall–Kier alpha value is -0.323. The van der Waals surface area contributed by atoms with E-state index in [2.05, 4.69) is 35.6 Å². The molecule has 0 aliphatic carbocycles. The molecular weight excluding hydrogens is 258 g/mol. The van der Waals surface area contributed by atoms with Gasteiger partial charge in [0.1, 0.15) is 5.75 Å².